The van der Waals surface area contributed by atoms with Crippen LogP contribution in [-0.4, -0.2) is 31.7 Å². The number of carbonyl (C=O) groups excluding carboxylic acids is 1. The first-order chi connectivity index (χ1) is 9.78. The minimum absolute atomic E-state index is 0.104. The van der Waals surface area contributed by atoms with Crippen LogP contribution >= 0.6 is 0 Å². The number of hydrogen-bond donors (Lipinski definition) is 2. The van der Waals surface area contributed by atoms with Crippen LogP contribution in [0.4, 0.5) is 0 Å². The maximum absolute atomic E-state index is 11.7. The van der Waals surface area contributed by atoms with E-state index in [0.29, 0.717) is 12.1 Å². The zero-order chi connectivity index (χ0) is 14.2. The Bertz CT molecular complexity index is 473. The predicted molar refractivity (Wildman–Crippen MR) is 74.8 cm³/mol. The topological polar surface area (TPSA) is 74.2 Å². The van der Waals surface area contributed by atoms with Gasteiger partial charge in [-0.15, -0.1) is 0 Å². The molecule has 1 amide bonds. The van der Waals surface area contributed by atoms with Crippen LogP contribution in [0.1, 0.15) is 24.0 Å². The Balaban J connectivity index is 1.67. The summed E-state index contributed by atoms with van der Waals surface area (Å²) in [4.78, 5) is 11.7. The molecule has 0 unspecified atom stereocenters. The van der Waals surface area contributed by atoms with Crippen LogP contribution in [0, 0.1) is 11.3 Å². The molecule has 0 spiro atoms. The highest BCUT2D eigenvalue weighted by atomic mass is 16.5. The van der Waals surface area contributed by atoms with E-state index in [1.807, 2.05) is 12.1 Å². The summed E-state index contributed by atoms with van der Waals surface area (Å²) in [5.41, 5.74) is 1.59. The van der Waals surface area contributed by atoms with Gasteiger partial charge >= 0.3 is 0 Å². The second-order valence-electron chi connectivity index (χ2n) is 4.85. The fourth-order valence-corrected chi connectivity index (χ4v) is 2.10. The van der Waals surface area contributed by atoms with Crippen LogP contribution in [0.25, 0.3) is 0 Å². The number of benzene rings is 1. The van der Waals surface area contributed by atoms with Gasteiger partial charge in [0.15, 0.2) is 0 Å². The molecule has 1 aromatic carbocycles. The minimum atomic E-state index is -0.104. The van der Waals surface area contributed by atoms with Crippen molar-refractivity contribution in [2.45, 2.75) is 25.5 Å². The van der Waals surface area contributed by atoms with E-state index in [2.05, 4.69) is 16.7 Å². The molecular weight excluding hydrogens is 254 g/mol. The molecule has 2 N–H and O–H groups in total. The number of carbonyl (C=O) groups is 1. The molecule has 2 rings (SSSR count). The Morgan fingerprint density at radius 2 is 2.05 bits per heavy atom. The molecule has 0 atom stereocenters. The molecule has 5 heteroatoms. The fourth-order valence-electron chi connectivity index (χ4n) is 2.10. The van der Waals surface area contributed by atoms with Crippen LogP contribution in [0.15, 0.2) is 24.3 Å². The third kappa shape index (κ3) is 4.65. The molecule has 0 bridgehead atoms. The summed E-state index contributed by atoms with van der Waals surface area (Å²) in [5, 5.41) is 14.8. The minimum Gasteiger partial charge on any atom is -0.368 e. The lowest BCUT2D eigenvalue weighted by atomic mass is 10.1. The number of nitrogens with one attached hydrogen (secondary N) is 2. The average Bonchev–Trinajstić information content (AvgIpc) is 2.52. The predicted octanol–water partition coefficient (Wildman–Crippen LogP) is 0.943. The maximum atomic E-state index is 11.7. The molecule has 1 aliphatic heterocycles. The quantitative estimate of drug-likeness (QED) is 0.837. The van der Waals surface area contributed by atoms with E-state index in [4.69, 9.17) is 10.00 Å². The second kappa shape index (κ2) is 7.63. The molecule has 0 aromatic heterocycles. The second-order valence-corrected chi connectivity index (χ2v) is 4.85. The standard InChI is InChI=1S/C15H19N3O2/c16-9-12-1-3-13(4-2-12)10-18-15(19)11-20-14-5-7-17-8-6-14/h1-4,14,17H,5-8,10-11H2,(H,18,19). The summed E-state index contributed by atoms with van der Waals surface area (Å²) in [6, 6.07) is 9.23. The lowest BCUT2D eigenvalue weighted by molar-refractivity contribution is -0.128. The van der Waals surface area contributed by atoms with Crippen LogP contribution < -0.4 is 10.6 Å². The van der Waals surface area contributed by atoms with Crippen molar-refractivity contribution in [1.82, 2.24) is 10.6 Å². The third-order valence-electron chi connectivity index (χ3n) is 3.31. The Labute approximate surface area is 118 Å². The van der Waals surface area contributed by atoms with Crippen molar-refractivity contribution >= 4 is 5.91 Å². The molecule has 1 saturated heterocycles. The summed E-state index contributed by atoms with van der Waals surface area (Å²) in [6.07, 6.45) is 2.11. The zero-order valence-corrected chi connectivity index (χ0v) is 11.4. The Hall–Kier alpha value is -1.90. The van der Waals surface area contributed by atoms with E-state index in [1.165, 1.54) is 0 Å². The summed E-state index contributed by atoms with van der Waals surface area (Å²) < 4.78 is 5.57. The third-order valence-corrected chi connectivity index (χ3v) is 3.31. The van der Waals surface area contributed by atoms with Crippen molar-refractivity contribution in [3.63, 3.8) is 0 Å². The van der Waals surface area contributed by atoms with Gasteiger partial charge in [0, 0.05) is 6.54 Å². The first kappa shape index (κ1) is 14.5. The van der Waals surface area contributed by atoms with E-state index >= 15 is 0 Å². The van der Waals surface area contributed by atoms with Gasteiger partial charge in [0.05, 0.1) is 17.7 Å². The van der Waals surface area contributed by atoms with Gasteiger partial charge in [-0.3, -0.25) is 4.79 Å². The molecule has 5 nitrogen and oxygen atoms in total. The van der Waals surface area contributed by atoms with Crippen molar-refractivity contribution in [2.75, 3.05) is 19.7 Å². The monoisotopic (exact) mass is 273 g/mol. The first-order valence-electron chi connectivity index (χ1n) is 6.86. The van der Waals surface area contributed by atoms with Crippen molar-refractivity contribution in [3.8, 4) is 6.07 Å². The maximum Gasteiger partial charge on any atom is 0.246 e. The molecule has 1 aliphatic rings. The van der Waals surface area contributed by atoms with E-state index in [-0.39, 0.29) is 18.6 Å². The van der Waals surface area contributed by atoms with Gasteiger partial charge in [-0.05, 0) is 43.6 Å². The van der Waals surface area contributed by atoms with Gasteiger partial charge in [0.2, 0.25) is 5.91 Å². The van der Waals surface area contributed by atoms with Crippen molar-refractivity contribution in [2.24, 2.45) is 0 Å². The van der Waals surface area contributed by atoms with Crippen LogP contribution in [0.5, 0.6) is 0 Å². The highest BCUT2D eigenvalue weighted by molar-refractivity contribution is 5.77. The molecule has 20 heavy (non-hydrogen) atoms. The highest BCUT2D eigenvalue weighted by Gasteiger charge is 2.14. The van der Waals surface area contributed by atoms with E-state index < -0.39 is 0 Å². The van der Waals surface area contributed by atoms with Gasteiger partial charge in [-0.1, -0.05) is 12.1 Å². The number of amides is 1. The number of rotatable bonds is 5. The molecule has 0 aliphatic carbocycles. The van der Waals surface area contributed by atoms with Gasteiger partial charge in [-0.2, -0.15) is 5.26 Å². The summed E-state index contributed by atoms with van der Waals surface area (Å²) >= 11 is 0. The molecule has 1 fully saturated rings. The zero-order valence-electron chi connectivity index (χ0n) is 11.4. The van der Waals surface area contributed by atoms with Crippen LogP contribution in [0.2, 0.25) is 0 Å². The summed E-state index contributed by atoms with van der Waals surface area (Å²) in [6.45, 7) is 2.48. The lowest BCUT2D eigenvalue weighted by Crippen LogP contribution is -2.35. The Morgan fingerprint density at radius 3 is 2.70 bits per heavy atom. The molecule has 0 radical (unpaired) electrons. The normalized spacial score (nSPS) is 15.6. The van der Waals surface area contributed by atoms with E-state index in [1.54, 1.807) is 12.1 Å². The van der Waals surface area contributed by atoms with E-state index in [9.17, 15) is 4.79 Å². The SMILES string of the molecule is N#Cc1ccc(CNC(=O)COC2CCNCC2)cc1. The number of piperidine rings is 1. The fraction of sp³-hybridized carbons (Fsp3) is 0.467. The lowest BCUT2D eigenvalue weighted by Gasteiger charge is -2.22. The van der Waals surface area contributed by atoms with Gasteiger partial charge < -0.3 is 15.4 Å². The smallest absolute Gasteiger partial charge is 0.246 e. The number of ether oxygens (including phenoxy) is 1. The van der Waals surface area contributed by atoms with Crippen LogP contribution in [-0.2, 0) is 16.1 Å². The van der Waals surface area contributed by atoms with E-state index in [0.717, 1.165) is 31.5 Å². The van der Waals surface area contributed by atoms with Crippen LogP contribution in [0.3, 0.4) is 0 Å². The number of hydrogen-bond acceptors (Lipinski definition) is 4. The van der Waals surface area contributed by atoms with Crippen molar-refractivity contribution < 1.29 is 9.53 Å². The van der Waals surface area contributed by atoms with Gasteiger partial charge in [0.25, 0.3) is 0 Å². The molecule has 1 aromatic rings. The average molecular weight is 273 g/mol. The molecule has 106 valence electrons. The molecule has 0 saturated carbocycles. The Morgan fingerprint density at radius 1 is 1.35 bits per heavy atom. The summed E-state index contributed by atoms with van der Waals surface area (Å²) in [7, 11) is 0. The first-order valence-corrected chi connectivity index (χ1v) is 6.86. The summed E-state index contributed by atoms with van der Waals surface area (Å²) in [5.74, 6) is -0.104. The molecule has 1 heterocycles. The van der Waals surface area contributed by atoms with Gasteiger partial charge in [-0.25, -0.2) is 0 Å². The number of nitrogens with zero attached hydrogens (tertiary/aromatic N) is 1. The molecular formula is C15H19N3O2. The van der Waals surface area contributed by atoms with Crippen molar-refractivity contribution in [3.05, 3.63) is 35.4 Å². The highest BCUT2D eigenvalue weighted by Crippen LogP contribution is 2.07. The van der Waals surface area contributed by atoms with Crippen molar-refractivity contribution in [1.29, 1.82) is 5.26 Å². The Kier molecular flexibility index (Phi) is 5.54. The number of nitriles is 1. The van der Waals surface area contributed by atoms with Gasteiger partial charge in [0.1, 0.15) is 6.61 Å². The largest absolute Gasteiger partial charge is 0.368 e.